The van der Waals surface area contributed by atoms with Crippen LogP contribution in [0.3, 0.4) is 0 Å². The number of rotatable bonds is 7. The predicted molar refractivity (Wildman–Crippen MR) is 125 cm³/mol. The Kier molecular flexibility index (Phi) is 6.92. The van der Waals surface area contributed by atoms with Gasteiger partial charge in [0.05, 0.1) is 11.6 Å². The maximum Gasteiger partial charge on any atom is 0.224 e. The number of aromatic nitrogens is 2. The van der Waals surface area contributed by atoms with Crippen molar-refractivity contribution in [2.45, 2.75) is 32.6 Å². The van der Waals surface area contributed by atoms with Crippen molar-refractivity contribution in [3.8, 4) is 11.3 Å². The molecule has 0 radical (unpaired) electrons. The highest BCUT2D eigenvalue weighted by atomic mass is 16.1. The van der Waals surface area contributed by atoms with E-state index in [1.54, 1.807) is 0 Å². The number of hydrogen-bond acceptors (Lipinski definition) is 4. The number of anilines is 1. The van der Waals surface area contributed by atoms with Crippen LogP contribution in [0, 0.1) is 12.8 Å². The molecule has 4 rings (SSSR count). The lowest BCUT2D eigenvalue weighted by molar-refractivity contribution is -0.125. The molecule has 5 nitrogen and oxygen atoms in total. The summed E-state index contributed by atoms with van der Waals surface area (Å²) in [6.07, 6.45) is 3.86. The fourth-order valence-electron chi connectivity index (χ4n) is 4.06. The number of aryl methyl sites for hydroxylation is 2. The van der Waals surface area contributed by atoms with Gasteiger partial charge >= 0.3 is 0 Å². The van der Waals surface area contributed by atoms with E-state index < -0.39 is 0 Å². The summed E-state index contributed by atoms with van der Waals surface area (Å²) < 4.78 is 0. The first-order chi connectivity index (χ1) is 15.2. The van der Waals surface area contributed by atoms with Crippen LogP contribution in [0.1, 0.15) is 30.4 Å². The van der Waals surface area contributed by atoms with Crippen molar-refractivity contribution in [1.29, 1.82) is 0 Å². The Morgan fingerprint density at radius 1 is 1.03 bits per heavy atom. The van der Waals surface area contributed by atoms with Gasteiger partial charge in [-0.2, -0.15) is 0 Å². The molecule has 1 atom stereocenters. The van der Waals surface area contributed by atoms with E-state index in [1.165, 1.54) is 11.1 Å². The van der Waals surface area contributed by atoms with E-state index in [1.807, 2.05) is 18.2 Å². The number of benzene rings is 2. The zero-order chi connectivity index (χ0) is 21.5. The Labute approximate surface area is 184 Å². The molecule has 0 saturated carbocycles. The lowest BCUT2D eigenvalue weighted by atomic mass is 9.97. The maximum absolute atomic E-state index is 12.7. The number of piperidine rings is 1. The first-order valence-electron chi connectivity index (χ1n) is 11.2. The van der Waals surface area contributed by atoms with Crippen LogP contribution in [0.5, 0.6) is 0 Å². The third-order valence-corrected chi connectivity index (χ3v) is 5.90. The van der Waals surface area contributed by atoms with Crippen molar-refractivity contribution in [2.24, 2.45) is 5.92 Å². The van der Waals surface area contributed by atoms with Gasteiger partial charge in [-0.3, -0.25) is 4.79 Å². The first kappa shape index (κ1) is 21.0. The Morgan fingerprint density at radius 3 is 2.58 bits per heavy atom. The van der Waals surface area contributed by atoms with Crippen molar-refractivity contribution < 1.29 is 4.79 Å². The lowest BCUT2D eigenvalue weighted by Crippen LogP contribution is -2.43. The molecule has 0 unspecified atom stereocenters. The van der Waals surface area contributed by atoms with Gasteiger partial charge in [-0.25, -0.2) is 0 Å². The second-order valence-corrected chi connectivity index (χ2v) is 8.31. The molecule has 1 aliphatic rings. The van der Waals surface area contributed by atoms with E-state index in [9.17, 15) is 4.79 Å². The maximum atomic E-state index is 12.7. The second kappa shape index (κ2) is 10.2. The molecule has 1 fully saturated rings. The highest BCUT2D eigenvalue weighted by Gasteiger charge is 2.26. The minimum atomic E-state index is 0.00375. The van der Waals surface area contributed by atoms with Gasteiger partial charge in [-0.15, -0.1) is 10.2 Å². The van der Waals surface area contributed by atoms with Gasteiger partial charge in [0.2, 0.25) is 5.91 Å². The summed E-state index contributed by atoms with van der Waals surface area (Å²) in [5.41, 5.74) is 4.48. The van der Waals surface area contributed by atoms with E-state index >= 15 is 0 Å². The largest absolute Gasteiger partial charge is 0.356 e. The quantitative estimate of drug-likeness (QED) is 0.582. The van der Waals surface area contributed by atoms with Crippen LogP contribution in [0.25, 0.3) is 11.3 Å². The smallest absolute Gasteiger partial charge is 0.224 e. The molecule has 1 N–H and O–H groups in total. The average molecular weight is 415 g/mol. The lowest BCUT2D eigenvalue weighted by Gasteiger charge is -2.32. The van der Waals surface area contributed by atoms with Crippen LogP contribution in [0.4, 0.5) is 5.82 Å². The standard InChI is InChI=1S/C26H30N4O/c1-20-11-13-22(14-12-20)24-15-16-25(29-28-24)30-18-6-10-23(19-30)26(31)27-17-5-9-21-7-3-2-4-8-21/h2-4,7-8,11-16,23H,5-6,9-10,17-19H2,1H3,(H,27,31)/t23-/m1/s1. The monoisotopic (exact) mass is 414 g/mol. The third kappa shape index (κ3) is 5.69. The minimum absolute atomic E-state index is 0.00375. The van der Waals surface area contributed by atoms with E-state index in [0.29, 0.717) is 6.54 Å². The average Bonchev–Trinajstić information content (AvgIpc) is 2.83. The van der Waals surface area contributed by atoms with Gasteiger partial charge in [-0.05, 0) is 50.3 Å². The van der Waals surface area contributed by atoms with Crippen molar-refractivity contribution in [2.75, 3.05) is 24.5 Å². The molecule has 2 aromatic carbocycles. The zero-order valence-electron chi connectivity index (χ0n) is 18.1. The predicted octanol–water partition coefficient (Wildman–Crippen LogP) is 4.42. The first-order valence-corrected chi connectivity index (χ1v) is 11.2. The summed E-state index contributed by atoms with van der Waals surface area (Å²) >= 11 is 0. The minimum Gasteiger partial charge on any atom is -0.356 e. The van der Waals surface area contributed by atoms with Crippen LogP contribution in [0.15, 0.2) is 66.7 Å². The summed E-state index contributed by atoms with van der Waals surface area (Å²) in [6, 6.07) is 22.7. The number of carbonyl (C=O) groups is 1. The number of carbonyl (C=O) groups excluding carboxylic acids is 1. The Morgan fingerprint density at radius 2 is 1.84 bits per heavy atom. The van der Waals surface area contributed by atoms with Crippen molar-refractivity contribution in [1.82, 2.24) is 15.5 Å². The van der Waals surface area contributed by atoms with Crippen LogP contribution >= 0.6 is 0 Å². The van der Waals surface area contributed by atoms with E-state index in [2.05, 4.69) is 75.9 Å². The molecule has 0 aliphatic carbocycles. The molecule has 1 saturated heterocycles. The fraction of sp³-hybridized carbons (Fsp3) is 0.346. The number of hydrogen-bond donors (Lipinski definition) is 1. The van der Waals surface area contributed by atoms with Crippen molar-refractivity contribution in [3.05, 3.63) is 77.9 Å². The number of nitrogens with zero attached hydrogens (tertiary/aromatic N) is 3. The Balaban J connectivity index is 1.28. The van der Waals surface area contributed by atoms with E-state index in [4.69, 9.17) is 0 Å². The molecule has 160 valence electrons. The van der Waals surface area contributed by atoms with Crippen LogP contribution in [-0.2, 0) is 11.2 Å². The topological polar surface area (TPSA) is 58.1 Å². The molecule has 3 aromatic rings. The normalized spacial score (nSPS) is 16.2. The number of amides is 1. The molecule has 1 aromatic heterocycles. The molecule has 0 bridgehead atoms. The molecule has 1 amide bonds. The molecule has 2 heterocycles. The second-order valence-electron chi connectivity index (χ2n) is 8.31. The molecule has 5 heteroatoms. The van der Waals surface area contributed by atoms with E-state index in [-0.39, 0.29) is 11.8 Å². The van der Waals surface area contributed by atoms with Crippen LogP contribution < -0.4 is 10.2 Å². The summed E-state index contributed by atoms with van der Waals surface area (Å²) in [6.45, 7) is 4.40. The number of nitrogens with one attached hydrogen (secondary N) is 1. The summed E-state index contributed by atoms with van der Waals surface area (Å²) in [4.78, 5) is 14.9. The Hall–Kier alpha value is -3.21. The third-order valence-electron chi connectivity index (χ3n) is 5.90. The molecular weight excluding hydrogens is 384 g/mol. The van der Waals surface area contributed by atoms with Crippen LogP contribution in [0.2, 0.25) is 0 Å². The van der Waals surface area contributed by atoms with Crippen molar-refractivity contribution >= 4 is 11.7 Å². The van der Waals surface area contributed by atoms with E-state index in [0.717, 1.165) is 55.8 Å². The van der Waals surface area contributed by atoms with Gasteiger partial charge in [0.1, 0.15) is 0 Å². The fourth-order valence-corrected chi connectivity index (χ4v) is 4.06. The van der Waals surface area contributed by atoms with Gasteiger partial charge in [-0.1, -0.05) is 60.2 Å². The summed E-state index contributed by atoms with van der Waals surface area (Å²) in [5, 5.41) is 12.0. The van der Waals surface area contributed by atoms with Gasteiger partial charge < -0.3 is 10.2 Å². The van der Waals surface area contributed by atoms with Gasteiger partial charge in [0, 0.05) is 25.2 Å². The van der Waals surface area contributed by atoms with Gasteiger partial charge in [0.25, 0.3) is 0 Å². The molecule has 0 spiro atoms. The zero-order valence-corrected chi connectivity index (χ0v) is 18.1. The van der Waals surface area contributed by atoms with Gasteiger partial charge in [0.15, 0.2) is 5.82 Å². The molecule has 1 aliphatic heterocycles. The van der Waals surface area contributed by atoms with Crippen LogP contribution in [-0.4, -0.2) is 35.7 Å². The van der Waals surface area contributed by atoms with Crippen molar-refractivity contribution in [3.63, 3.8) is 0 Å². The highest BCUT2D eigenvalue weighted by molar-refractivity contribution is 5.79. The Bertz CT molecular complexity index is 971. The SMILES string of the molecule is Cc1ccc(-c2ccc(N3CCC[C@@H](C(=O)NCCCc4ccccc4)C3)nn2)cc1. The molecule has 31 heavy (non-hydrogen) atoms. The summed E-state index contributed by atoms with van der Waals surface area (Å²) in [7, 11) is 0. The highest BCUT2D eigenvalue weighted by Crippen LogP contribution is 2.23. The molecular formula is C26H30N4O. The summed E-state index contributed by atoms with van der Waals surface area (Å²) in [5.74, 6) is 1.00.